The highest BCUT2D eigenvalue weighted by Crippen LogP contribution is 2.20. The minimum atomic E-state index is -0.479. The number of carbonyl (C=O) groups excluding carboxylic acids is 1. The molecule has 6 heteroatoms. The van der Waals surface area contributed by atoms with Crippen LogP contribution in [0.3, 0.4) is 0 Å². The van der Waals surface area contributed by atoms with Crippen LogP contribution < -0.4 is 11.1 Å². The summed E-state index contributed by atoms with van der Waals surface area (Å²) in [5.41, 5.74) is 3.79. The molecule has 1 aromatic heterocycles. The second kappa shape index (κ2) is 6.30. The number of carbonyl (C=O) groups is 1. The van der Waals surface area contributed by atoms with Gasteiger partial charge in [0.1, 0.15) is 0 Å². The molecule has 2 aromatic carbocycles. The topological polar surface area (TPSA) is 75.1 Å². The molecule has 0 atom stereocenters. The fourth-order valence-corrected chi connectivity index (χ4v) is 2.62. The first kappa shape index (κ1) is 15.4. The largest absolute Gasteiger partial charge is 0.417 e. The maximum atomic E-state index is 12.1. The van der Waals surface area contributed by atoms with Crippen LogP contribution in [0.4, 0.5) is 5.69 Å². The molecule has 0 aliphatic heterocycles. The van der Waals surface area contributed by atoms with Crippen molar-refractivity contribution < 1.29 is 9.21 Å². The Labute approximate surface area is 137 Å². The third kappa shape index (κ3) is 3.63. The normalized spacial score (nSPS) is 10.9. The molecule has 0 bridgehead atoms. The summed E-state index contributed by atoms with van der Waals surface area (Å²) >= 11 is 5.90. The number of anilines is 1. The van der Waals surface area contributed by atoms with Gasteiger partial charge in [-0.25, -0.2) is 4.79 Å². The molecule has 3 aromatic rings. The number of fused-ring (bicyclic) bond motifs is 1. The summed E-state index contributed by atoms with van der Waals surface area (Å²) in [5.74, 6) is -0.552. The van der Waals surface area contributed by atoms with E-state index in [0.29, 0.717) is 29.0 Å². The van der Waals surface area contributed by atoms with Crippen molar-refractivity contribution in [3.8, 4) is 0 Å². The molecule has 0 aliphatic carbocycles. The van der Waals surface area contributed by atoms with E-state index in [4.69, 9.17) is 16.0 Å². The van der Waals surface area contributed by atoms with Gasteiger partial charge in [0.25, 0.3) is 0 Å². The molecule has 1 amide bonds. The van der Waals surface area contributed by atoms with Crippen molar-refractivity contribution in [3.05, 3.63) is 63.1 Å². The molecule has 0 fully saturated rings. The van der Waals surface area contributed by atoms with Gasteiger partial charge in [-0.15, -0.1) is 0 Å². The molecule has 2 N–H and O–H groups in total. The van der Waals surface area contributed by atoms with E-state index >= 15 is 0 Å². The Morgan fingerprint density at radius 1 is 1.26 bits per heavy atom. The number of aryl methyl sites for hydroxylation is 2. The van der Waals surface area contributed by atoms with E-state index in [0.717, 1.165) is 16.8 Å². The number of amides is 1. The van der Waals surface area contributed by atoms with Crippen molar-refractivity contribution in [1.29, 1.82) is 0 Å². The second-order valence-corrected chi connectivity index (χ2v) is 5.79. The molecular formula is C17H15ClN2O3. The van der Waals surface area contributed by atoms with Crippen LogP contribution in [0, 0.1) is 6.92 Å². The molecule has 118 valence electrons. The van der Waals surface area contributed by atoms with Gasteiger partial charge in [0, 0.05) is 17.1 Å². The van der Waals surface area contributed by atoms with Crippen LogP contribution in [0.25, 0.3) is 11.1 Å². The smallest absolute Gasteiger partial charge is 0.408 e. The number of halogens is 1. The first-order chi connectivity index (χ1) is 11.0. The summed E-state index contributed by atoms with van der Waals surface area (Å²) in [6, 6.07) is 10.7. The van der Waals surface area contributed by atoms with E-state index in [1.54, 1.807) is 24.3 Å². The third-order valence-electron chi connectivity index (χ3n) is 3.59. The molecule has 0 spiro atoms. The molecule has 3 rings (SSSR count). The quantitative estimate of drug-likeness (QED) is 0.766. The lowest BCUT2D eigenvalue weighted by Crippen LogP contribution is -2.13. The molecule has 0 saturated heterocycles. The van der Waals surface area contributed by atoms with E-state index < -0.39 is 5.76 Å². The lowest BCUT2D eigenvalue weighted by Gasteiger charge is -2.08. The van der Waals surface area contributed by atoms with Crippen molar-refractivity contribution in [1.82, 2.24) is 4.98 Å². The van der Waals surface area contributed by atoms with Crippen molar-refractivity contribution in [2.45, 2.75) is 19.8 Å². The van der Waals surface area contributed by atoms with Crippen LogP contribution in [0.2, 0.25) is 5.02 Å². The zero-order chi connectivity index (χ0) is 16.4. The first-order valence-corrected chi connectivity index (χ1v) is 7.57. The molecular weight excluding hydrogens is 316 g/mol. The summed E-state index contributed by atoms with van der Waals surface area (Å²) in [5, 5.41) is 3.52. The lowest BCUT2D eigenvalue weighted by atomic mass is 10.1. The molecule has 0 radical (unpaired) electrons. The number of rotatable bonds is 4. The minimum Gasteiger partial charge on any atom is -0.408 e. The highest BCUT2D eigenvalue weighted by atomic mass is 35.5. The predicted molar refractivity (Wildman–Crippen MR) is 90.0 cm³/mol. The van der Waals surface area contributed by atoms with Crippen molar-refractivity contribution in [2.24, 2.45) is 0 Å². The Morgan fingerprint density at radius 2 is 2.09 bits per heavy atom. The number of hydrogen-bond acceptors (Lipinski definition) is 3. The summed E-state index contributed by atoms with van der Waals surface area (Å²) in [4.78, 5) is 25.8. The second-order valence-electron chi connectivity index (χ2n) is 5.35. The molecule has 0 saturated carbocycles. The van der Waals surface area contributed by atoms with Crippen LogP contribution in [-0.4, -0.2) is 10.9 Å². The first-order valence-electron chi connectivity index (χ1n) is 7.19. The van der Waals surface area contributed by atoms with Gasteiger partial charge in [0.05, 0.1) is 5.52 Å². The van der Waals surface area contributed by atoms with Gasteiger partial charge in [-0.1, -0.05) is 17.7 Å². The van der Waals surface area contributed by atoms with Gasteiger partial charge in [0.15, 0.2) is 5.58 Å². The average molecular weight is 331 g/mol. The Hall–Kier alpha value is -2.53. The molecule has 0 aliphatic rings. The molecule has 0 unspecified atom stereocenters. The summed E-state index contributed by atoms with van der Waals surface area (Å²) in [6.07, 6.45) is 0.914. The maximum Gasteiger partial charge on any atom is 0.417 e. The highest BCUT2D eigenvalue weighted by Gasteiger charge is 2.07. The Morgan fingerprint density at radius 3 is 2.87 bits per heavy atom. The van der Waals surface area contributed by atoms with E-state index in [9.17, 15) is 9.59 Å². The van der Waals surface area contributed by atoms with Crippen LogP contribution in [0.5, 0.6) is 0 Å². The van der Waals surface area contributed by atoms with Crippen LogP contribution >= 0.6 is 11.6 Å². The van der Waals surface area contributed by atoms with E-state index in [-0.39, 0.29) is 5.91 Å². The average Bonchev–Trinajstić information content (AvgIpc) is 2.87. The lowest BCUT2D eigenvalue weighted by molar-refractivity contribution is -0.116. The predicted octanol–water partition coefficient (Wildman–Crippen LogP) is 3.65. The number of aromatic nitrogens is 1. The third-order valence-corrected chi connectivity index (χ3v) is 3.82. The van der Waals surface area contributed by atoms with Crippen LogP contribution in [0.15, 0.2) is 45.6 Å². The Balaban J connectivity index is 1.64. The van der Waals surface area contributed by atoms with E-state index in [1.165, 1.54) is 0 Å². The van der Waals surface area contributed by atoms with Gasteiger partial charge in [0.2, 0.25) is 5.91 Å². The number of benzene rings is 2. The monoisotopic (exact) mass is 330 g/mol. The fraction of sp³-hybridized carbons (Fsp3) is 0.176. The molecule has 5 nitrogen and oxygen atoms in total. The Kier molecular flexibility index (Phi) is 4.21. The van der Waals surface area contributed by atoms with Crippen molar-refractivity contribution in [2.75, 3.05) is 5.32 Å². The van der Waals surface area contributed by atoms with Gasteiger partial charge in [-0.05, 0) is 54.8 Å². The molecule has 1 heterocycles. The van der Waals surface area contributed by atoms with Crippen LogP contribution in [-0.2, 0) is 11.2 Å². The summed E-state index contributed by atoms with van der Waals surface area (Å²) in [6.45, 7) is 1.89. The number of H-pyrrole nitrogens is 1. The van der Waals surface area contributed by atoms with Crippen molar-refractivity contribution in [3.63, 3.8) is 0 Å². The van der Waals surface area contributed by atoms with Gasteiger partial charge in [-0.2, -0.15) is 0 Å². The van der Waals surface area contributed by atoms with Gasteiger partial charge < -0.3 is 9.73 Å². The SMILES string of the molecule is Cc1cc(Cl)ccc1NC(=O)CCc1ccc2oc(=O)[nH]c2c1. The number of aromatic amines is 1. The maximum absolute atomic E-state index is 12.1. The number of oxazole rings is 1. The number of hydrogen-bond donors (Lipinski definition) is 2. The zero-order valence-corrected chi connectivity index (χ0v) is 13.2. The van der Waals surface area contributed by atoms with E-state index in [1.807, 2.05) is 19.1 Å². The van der Waals surface area contributed by atoms with E-state index in [2.05, 4.69) is 10.3 Å². The zero-order valence-electron chi connectivity index (χ0n) is 12.5. The van der Waals surface area contributed by atoms with Crippen LogP contribution in [0.1, 0.15) is 17.5 Å². The van der Waals surface area contributed by atoms with Crippen molar-refractivity contribution >= 4 is 34.3 Å². The number of nitrogens with one attached hydrogen (secondary N) is 2. The summed E-state index contributed by atoms with van der Waals surface area (Å²) < 4.78 is 4.95. The van der Waals surface area contributed by atoms with Gasteiger partial charge in [-0.3, -0.25) is 9.78 Å². The molecule has 23 heavy (non-hydrogen) atoms. The standard InChI is InChI=1S/C17H15ClN2O3/c1-10-8-12(18)4-5-13(10)19-16(21)7-3-11-2-6-15-14(9-11)20-17(22)23-15/h2,4-6,8-9H,3,7H2,1H3,(H,19,21)(H,20,22). The minimum absolute atomic E-state index is 0.0730. The Bertz CT molecular complexity index is 927. The highest BCUT2D eigenvalue weighted by molar-refractivity contribution is 6.30. The summed E-state index contributed by atoms with van der Waals surface area (Å²) in [7, 11) is 0. The fourth-order valence-electron chi connectivity index (χ4n) is 2.39. The van der Waals surface area contributed by atoms with Gasteiger partial charge >= 0.3 is 5.76 Å².